The van der Waals surface area contributed by atoms with E-state index >= 15 is 0 Å². The van der Waals surface area contributed by atoms with E-state index in [4.69, 9.17) is 25.3 Å². The quantitative estimate of drug-likeness (QED) is 0.313. The molecule has 2 atom stereocenters. The molecule has 2 unspecified atom stereocenters. The van der Waals surface area contributed by atoms with Gasteiger partial charge in [0.15, 0.2) is 0 Å². The minimum Gasteiger partial charge on any atom is -0.179 e. The lowest BCUT2D eigenvalue weighted by Crippen LogP contribution is -2.48. The SMILES string of the molecule is CC1(C2(CS)CCCCCCCCCCCCCCCC2S)CCCCCCCCCCCCCCC1. The van der Waals surface area contributed by atoms with Crippen LogP contribution in [-0.4, -0.2) is 11.0 Å². The molecule has 2 fully saturated rings. The first-order valence-electron chi connectivity index (χ1n) is 17.4. The predicted molar refractivity (Wildman–Crippen MR) is 176 cm³/mol. The average molecular weight is 553 g/mol. The van der Waals surface area contributed by atoms with E-state index < -0.39 is 0 Å². The van der Waals surface area contributed by atoms with Crippen LogP contribution in [0.1, 0.15) is 200 Å². The van der Waals surface area contributed by atoms with E-state index in [2.05, 4.69) is 6.92 Å². The molecule has 0 amide bonds. The van der Waals surface area contributed by atoms with Crippen molar-refractivity contribution in [1.82, 2.24) is 0 Å². The lowest BCUT2D eigenvalue weighted by atomic mass is 9.56. The zero-order chi connectivity index (χ0) is 26.5. The van der Waals surface area contributed by atoms with Crippen LogP contribution in [0.25, 0.3) is 0 Å². The summed E-state index contributed by atoms with van der Waals surface area (Å²) in [5.74, 6) is 1.04. The summed E-state index contributed by atoms with van der Waals surface area (Å²) in [6.07, 6.45) is 43.1. The van der Waals surface area contributed by atoms with Crippen molar-refractivity contribution in [2.45, 2.75) is 205 Å². The second-order valence-electron chi connectivity index (χ2n) is 13.6. The standard InChI is InChI=1S/C35H68S2/c1-34(29-25-21-17-13-9-5-3-6-10-14-18-22-26-30-34)35(32-36)31-27-23-19-15-11-7-2-4-8-12-16-20-24-28-33(35)37/h33,36-37H,2-32H2,1H3. The zero-order valence-electron chi connectivity index (χ0n) is 25.4. The van der Waals surface area contributed by atoms with Crippen LogP contribution in [0.15, 0.2) is 0 Å². The summed E-state index contributed by atoms with van der Waals surface area (Å²) in [6.45, 7) is 2.71. The summed E-state index contributed by atoms with van der Waals surface area (Å²) >= 11 is 10.7. The molecule has 0 heterocycles. The molecule has 0 spiro atoms. The minimum absolute atomic E-state index is 0.290. The van der Waals surface area contributed by atoms with Crippen LogP contribution >= 0.6 is 25.3 Å². The molecule has 0 saturated heterocycles. The molecule has 0 aromatic carbocycles. The fourth-order valence-corrected chi connectivity index (χ4v) is 9.46. The van der Waals surface area contributed by atoms with Crippen LogP contribution < -0.4 is 0 Å². The Morgan fingerprint density at radius 1 is 0.432 bits per heavy atom. The van der Waals surface area contributed by atoms with Crippen molar-refractivity contribution in [1.29, 1.82) is 0 Å². The van der Waals surface area contributed by atoms with Crippen molar-refractivity contribution in [2.24, 2.45) is 10.8 Å². The maximum Gasteiger partial charge on any atom is 0.00863 e. The van der Waals surface area contributed by atoms with E-state index in [1.54, 1.807) is 0 Å². The molecule has 2 heteroatoms. The molecule has 2 rings (SSSR count). The normalized spacial score (nSPS) is 30.7. The Bertz CT molecular complexity index is 501. The van der Waals surface area contributed by atoms with Crippen molar-refractivity contribution in [3.05, 3.63) is 0 Å². The third kappa shape index (κ3) is 13.3. The Morgan fingerprint density at radius 2 is 0.703 bits per heavy atom. The van der Waals surface area contributed by atoms with Crippen molar-refractivity contribution >= 4 is 25.3 Å². The highest BCUT2D eigenvalue weighted by molar-refractivity contribution is 7.81. The van der Waals surface area contributed by atoms with E-state index in [0.717, 1.165) is 5.75 Å². The molecule has 0 bridgehead atoms. The first-order chi connectivity index (χ1) is 18.1. The molecular formula is C35H68S2. The maximum atomic E-state index is 5.51. The molecule has 0 aromatic heterocycles. The molecule has 2 aliphatic rings. The van der Waals surface area contributed by atoms with Gasteiger partial charge >= 0.3 is 0 Å². The van der Waals surface area contributed by atoms with Gasteiger partial charge in [0.1, 0.15) is 0 Å². The van der Waals surface area contributed by atoms with Gasteiger partial charge in [-0.2, -0.15) is 25.3 Å². The van der Waals surface area contributed by atoms with Crippen LogP contribution in [0, 0.1) is 10.8 Å². The lowest BCUT2D eigenvalue weighted by Gasteiger charge is -2.53. The zero-order valence-corrected chi connectivity index (χ0v) is 27.2. The van der Waals surface area contributed by atoms with Gasteiger partial charge in [-0.1, -0.05) is 174 Å². The second kappa shape index (κ2) is 21.4. The number of thiol groups is 2. The van der Waals surface area contributed by atoms with Crippen molar-refractivity contribution in [2.75, 3.05) is 5.75 Å². The molecule has 0 aromatic rings. The monoisotopic (exact) mass is 552 g/mol. The van der Waals surface area contributed by atoms with E-state index in [-0.39, 0.29) is 0 Å². The van der Waals surface area contributed by atoms with Crippen LogP contribution in [0.4, 0.5) is 0 Å². The predicted octanol–water partition coefficient (Wildman–Crippen LogP) is 12.9. The number of rotatable bonds is 2. The molecule has 220 valence electrons. The van der Waals surface area contributed by atoms with Gasteiger partial charge in [-0.15, -0.1) is 0 Å². The highest BCUT2D eigenvalue weighted by Crippen LogP contribution is 2.55. The highest BCUT2D eigenvalue weighted by Gasteiger charge is 2.49. The van der Waals surface area contributed by atoms with Crippen molar-refractivity contribution in [3.8, 4) is 0 Å². The highest BCUT2D eigenvalue weighted by atomic mass is 32.1. The lowest BCUT2D eigenvalue weighted by molar-refractivity contribution is 0.0320. The summed E-state index contributed by atoms with van der Waals surface area (Å²) in [5.41, 5.74) is 0.680. The van der Waals surface area contributed by atoms with Crippen LogP contribution in [0.3, 0.4) is 0 Å². The molecular weight excluding hydrogens is 485 g/mol. The summed E-state index contributed by atoms with van der Waals surface area (Å²) < 4.78 is 0. The van der Waals surface area contributed by atoms with Gasteiger partial charge in [-0.25, -0.2) is 0 Å². The van der Waals surface area contributed by atoms with Gasteiger partial charge in [0.25, 0.3) is 0 Å². The number of hydrogen-bond donors (Lipinski definition) is 2. The van der Waals surface area contributed by atoms with E-state index in [1.807, 2.05) is 0 Å². The molecule has 2 saturated carbocycles. The summed E-state index contributed by atoms with van der Waals surface area (Å²) in [4.78, 5) is 0. The Hall–Kier alpha value is 0.700. The molecule has 0 aliphatic heterocycles. The Labute approximate surface area is 245 Å². The van der Waals surface area contributed by atoms with Gasteiger partial charge in [0, 0.05) is 5.25 Å². The van der Waals surface area contributed by atoms with Gasteiger partial charge in [0.2, 0.25) is 0 Å². The maximum absolute atomic E-state index is 5.51. The first-order valence-corrected chi connectivity index (χ1v) is 18.6. The van der Waals surface area contributed by atoms with Crippen LogP contribution in [-0.2, 0) is 0 Å². The summed E-state index contributed by atoms with van der Waals surface area (Å²) in [6, 6.07) is 0. The Balaban J connectivity index is 2.13. The molecule has 0 radical (unpaired) electrons. The smallest absolute Gasteiger partial charge is 0.00863 e. The van der Waals surface area contributed by atoms with Crippen LogP contribution in [0.5, 0.6) is 0 Å². The van der Waals surface area contributed by atoms with Gasteiger partial charge < -0.3 is 0 Å². The fourth-order valence-electron chi connectivity index (χ4n) is 7.84. The van der Waals surface area contributed by atoms with Crippen molar-refractivity contribution in [3.63, 3.8) is 0 Å². The largest absolute Gasteiger partial charge is 0.179 e. The van der Waals surface area contributed by atoms with Crippen LogP contribution in [0.2, 0.25) is 0 Å². The Morgan fingerprint density at radius 3 is 1.03 bits per heavy atom. The fraction of sp³-hybridized carbons (Fsp3) is 1.00. The molecule has 2 aliphatic carbocycles. The Kier molecular flexibility index (Phi) is 19.7. The topological polar surface area (TPSA) is 0 Å². The van der Waals surface area contributed by atoms with Gasteiger partial charge in [-0.05, 0) is 42.3 Å². The van der Waals surface area contributed by atoms with Crippen molar-refractivity contribution < 1.29 is 0 Å². The second-order valence-corrected chi connectivity index (χ2v) is 14.6. The summed E-state index contributed by atoms with van der Waals surface area (Å²) in [5, 5.41) is 0.510. The van der Waals surface area contributed by atoms with E-state index in [0.29, 0.717) is 16.1 Å². The van der Waals surface area contributed by atoms with Gasteiger partial charge in [0.05, 0.1) is 0 Å². The third-order valence-electron chi connectivity index (χ3n) is 10.7. The van der Waals surface area contributed by atoms with E-state index in [1.165, 1.54) is 193 Å². The minimum atomic E-state index is 0.290. The van der Waals surface area contributed by atoms with Gasteiger partial charge in [-0.3, -0.25) is 0 Å². The molecule has 0 N–H and O–H groups in total. The average Bonchev–Trinajstić information content (AvgIpc) is 2.90. The third-order valence-corrected chi connectivity index (χ3v) is 12.0. The molecule has 0 nitrogen and oxygen atoms in total. The first kappa shape index (κ1) is 33.9. The summed E-state index contributed by atoms with van der Waals surface area (Å²) in [7, 11) is 0. The van der Waals surface area contributed by atoms with E-state index in [9.17, 15) is 0 Å². The number of hydrogen-bond acceptors (Lipinski definition) is 2. The molecule has 37 heavy (non-hydrogen) atoms.